The standard InChI is InChI=1S/C11H20N2O/c1-8(2)10(4)11(14)13-6-5-12-9(3)7-13/h9,12H,5-7H2,1-4H3. The molecule has 14 heavy (non-hydrogen) atoms. The first-order valence-corrected chi connectivity index (χ1v) is 5.19. The van der Waals surface area contributed by atoms with Crippen LogP contribution < -0.4 is 5.32 Å². The molecule has 1 aliphatic heterocycles. The van der Waals surface area contributed by atoms with Crippen LogP contribution in [0.25, 0.3) is 0 Å². The van der Waals surface area contributed by atoms with Crippen molar-refractivity contribution in [3.8, 4) is 0 Å². The maximum atomic E-state index is 11.9. The Morgan fingerprint density at radius 1 is 1.36 bits per heavy atom. The highest BCUT2D eigenvalue weighted by atomic mass is 16.2. The van der Waals surface area contributed by atoms with Gasteiger partial charge in [-0.3, -0.25) is 4.79 Å². The molecular weight excluding hydrogens is 176 g/mol. The molecule has 0 aromatic rings. The van der Waals surface area contributed by atoms with Crippen molar-refractivity contribution in [3.05, 3.63) is 11.1 Å². The molecule has 1 N–H and O–H groups in total. The fourth-order valence-electron chi connectivity index (χ4n) is 1.57. The molecule has 0 spiro atoms. The van der Waals surface area contributed by atoms with Gasteiger partial charge in [0.25, 0.3) is 0 Å². The first-order chi connectivity index (χ1) is 6.52. The maximum Gasteiger partial charge on any atom is 0.249 e. The topological polar surface area (TPSA) is 32.3 Å². The van der Waals surface area contributed by atoms with Gasteiger partial charge in [-0.15, -0.1) is 0 Å². The lowest BCUT2D eigenvalue weighted by molar-refractivity contribution is -0.128. The van der Waals surface area contributed by atoms with Crippen LogP contribution in [-0.4, -0.2) is 36.5 Å². The summed E-state index contributed by atoms with van der Waals surface area (Å²) in [7, 11) is 0. The largest absolute Gasteiger partial charge is 0.336 e. The fourth-order valence-corrected chi connectivity index (χ4v) is 1.57. The van der Waals surface area contributed by atoms with E-state index >= 15 is 0 Å². The summed E-state index contributed by atoms with van der Waals surface area (Å²) in [6.07, 6.45) is 0. The molecule has 1 atom stereocenters. The summed E-state index contributed by atoms with van der Waals surface area (Å²) < 4.78 is 0. The molecule has 1 heterocycles. The highest BCUT2D eigenvalue weighted by Crippen LogP contribution is 2.09. The number of amides is 1. The van der Waals surface area contributed by atoms with E-state index in [0.29, 0.717) is 6.04 Å². The predicted molar refractivity (Wildman–Crippen MR) is 58.1 cm³/mol. The van der Waals surface area contributed by atoms with Crippen molar-refractivity contribution in [1.82, 2.24) is 10.2 Å². The van der Waals surface area contributed by atoms with Crippen LogP contribution in [0.15, 0.2) is 11.1 Å². The van der Waals surface area contributed by atoms with E-state index in [1.54, 1.807) is 0 Å². The second-order valence-electron chi connectivity index (χ2n) is 4.23. The molecule has 1 fully saturated rings. The minimum Gasteiger partial charge on any atom is -0.336 e. The molecule has 1 aliphatic rings. The lowest BCUT2D eigenvalue weighted by Crippen LogP contribution is -2.51. The second kappa shape index (κ2) is 4.60. The quantitative estimate of drug-likeness (QED) is 0.638. The Morgan fingerprint density at radius 3 is 2.50 bits per heavy atom. The minimum atomic E-state index is 0.193. The zero-order valence-electron chi connectivity index (χ0n) is 9.55. The van der Waals surface area contributed by atoms with Crippen molar-refractivity contribution < 1.29 is 4.79 Å². The van der Waals surface area contributed by atoms with E-state index in [-0.39, 0.29) is 5.91 Å². The van der Waals surface area contributed by atoms with Crippen molar-refractivity contribution in [1.29, 1.82) is 0 Å². The minimum absolute atomic E-state index is 0.193. The van der Waals surface area contributed by atoms with Crippen LogP contribution in [0, 0.1) is 0 Å². The molecule has 3 nitrogen and oxygen atoms in total. The molecule has 1 amide bonds. The Morgan fingerprint density at radius 2 is 2.00 bits per heavy atom. The molecule has 0 aromatic heterocycles. The SMILES string of the molecule is CC(C)=C(C)C(=O)N1CCNC(C)C1. The van der Waals surface area contributed by atoms with Crippen LogP contribution in [-0.2, 0) is 4.79 Å². The molecule has 1 saturated heterocycles. The number of carbonyl (C=O) groups is 1. The number of nitrogens with zero attached hydrogens (tertiary/aromatic N) is 1. The first kappa shape index (κ1) is 11.2. The number of hydrogen-bond donors (Lipinski definition) is 1. The summed E-state index contributed by atoms with van der Waals surface area (Å²) in [6.45, 7) is 10.5. The van der Waals surface area contributed by atoms with Crippen LogP contribution in [0.2, 0.25) is 0 Å². The molecule has 0 aromatic carbocycles. The van der Waals surface area contributed by atoms with Gasteiger partial charge in [0.2, 0.25) is 5.91 Å². The van der Waals surface area contributed by atoms with Crippen LogP contribution in [0.3, 0.4) is 0 Å². The average molecular weight is 196 g/mol. The van der Waals surface area contributed by atoms with E-state index in [9.17, 15) is 4.79 Å². The Hall–Kier alpha value is -0.830. The summed E-state index contributed by atoms with van der Waals surface area (Å²) in [5.74, 6) is 0.193. The second-order valence-corrected chi connectivity index (χ2v) is 4.23. The third-order valence-electron chi connectivity index (χ3n) is 2.73. The molecule has 0 radical (unpaired) electrons. The lowest BCUT2D eigenvalue weighted by atomic mass is 10.1. The van der Waals surface area contributed by atoms with Crippen LogP contribution >= 0.6 is 0 Å². The Balaban J connectivity index is 2.65. The van der Waals surface area contributed by atoms with Crippen molar-refractivity contribution in [3.63, 3.8) is 0 Å². The fraction of sp³-hybridized carbons (Fsp3) is 0.727. The van der Waals surface area contributed by atoms with Crippen molar-refractivity contribution in [2.24, 2.45) is 0 Å². The van der Waals surface area contributed by atoms with E-state index in [4.69, 9.17) is 0 Å². The number of carbonyl (C=O) groups excluding carboxylic acids is 1. The van der Waals surface area contributed by atoms with E-state index < -0.39 is 0 Å². The number of hydrogen-bond acceptors (Lipinski definition) is 2. The zero-order valence-corrected chi connectivity index (χ0v) is 9.55. The number of piperazine rings is 1. The van der Waals surface area contributed by atoms with Crippen LogP contribution in [0.4, 0.5) is 0 Å². The highest BCUT2D eigenvalue weighted by Gasteiger charge is 2.21. The summed E-state index contributed by atoms with van der Waals surface area (Å²) in [4.78, 5) is 13.9. The van der Waals surface area contributed by atoms with E-state index in [2.05, 4.69) is 12.2 Å². The molecule has 0 saturated carbocycles. The van der Waals surface area contributed by atoms with Gasteiger partial charge in [0.15, 0.2) is 0 Å². The van der Waals surface area contributed by atoms with Gasteiger partial charge in [-0.1, -0.05) is 5.57 Å². The van der Waals surface area contributed by atoms with Gasteiger partial charge in [-0.25, -0.2) is 0 Å². The van der Waals surface area contributed by atoms with E-state index in [1.807, 2.05) is 25.7 Å². The van der Waals surface area contributed by atoms with Gasteiger partial charge in [0.05, 0.1) is 0 Å². The van der Waals surface area contributed by atoms with Crippen LogP contribution in [0.1, 0.15) is 27.7 Å². The molecule has 0 bridgehead atoms. The van der Waals surface area contributed by atoms with Gasteiger partial charge in [-0.05, 0) is 27.7 Å². The Bertz CT molecular complexity index is 254. The van der Waals surface area contributed by atoms with Crippen molar-refractivity contribution in [2.75, 3.05) is 19.6 Å². The third kappa shape index (κ3) is 2.58. The number of rotatable bonds is 1. The zero-order chi connectivity index (χ0) is 10.7. The molecule has 3 heteroatoms. The van der Waals surface area contributed by atoms with E-state index in [1.165, 1.54) is 0 Å². The van der Waals surface area contributed by atoms with Crippen molar-refractivity contribution in [2.45, 2.75) is 33.7 Å². The maximum absolute atomic E-state index is 11.9. The van der Waals surface area contributed by atoms with Crippen molar-refractivity contribution >= 4 is 5.91 Å². The monoisotopic (exact) mass is 196 g/mol. The summed E-state index contributed by atoms with van der Waals surface area (Å²) >= 11 is 0. The normalized spacial score (nSPS) is 22.0. The molecule has 80 valence electrons. The van der Waals surface area contributed by atoms with Gasteiger partial charge in [0, 0.05) is 31.2 Å². The first-order valence-electron chi connectivity index (χ1n) is 5.19. The third-order valence-corrected chi connectivity index (χ3v) is 2.73. The Labute approximate surface area is 86.2 Å². The van der Waals surface area contributed by atoms with Gasteiger partial charge < -0.3 is 10.2 Å². The number of allylic oxidation sites excluding steroid dienone is 1. The van der Waals surface area contributed by atoms with Gasteiger partial charge >= 0.3 is 0 Å². The summed E-state index contributed by atoms with van der Waals surface area (Å²) in [5, 5.41) is 3.33. The number of nitrogens with one attached hydrogen (secondary N) is 1. The molecule has 1 unspecified atom stereocenters. The predicted octanol–water partition coefficient (Wildman–Crippen LogP) is 1.16. The smallest absolute Gasteiger partial charge is 0.249 e. The Kier molecular flexibility index (Phi) is 3.69. The van der Waals surface area contributed by atoms with Gasteiger partial charge in [0.1, 0.15) is 0 Å². The van der Waals surface area contributed by atoms with E-state index in [0.717, 1.165) is 30.8 Å². The highest BCUT2D eigenvalue weighted by molar-refractivity contribution is 5.93. The molecular formula is C11H20N2O. The average Bonchev–Trinajstić information content (AvgIpc) is 2.15. The van der Waals surface area contributed by atoms with Crippen LogP contribution in [0.5, 0.6) is 0 Å². The summed E-state index contributed by atoms with van der Waals surface area (Å²) in [5.41, 5.74) is 2.00. The lowest BCUT2D eigenvalue weighted by Gasteiger charge is -2.32. The van der Waals surface area contributed by atoms with Gasteiger partial charge in [-0.2, -0.15) is 0 Å². The summed E-state index contributed by atoms with van der Waals surface area (Å²) in [6, 6.07) is 0.415. The molecule has 0 aliphatic carbocycles. The molecule has 1 rings (SSSR count).